The van der Waals surface area contributed by atoms with E-state index in [1.807, 2.05) is 24.3 Å². The molecule has 18 heavy (non-hydrogen) atoms. The molecule has 0 radical (unpaired) electrons. The van der Waals surface area contributed by atoms with Gasteiger partial charge in [-0.05, 0) is 36.8 Å². The lowest BCUT2D eigenvalue weighted by Crippen LogP contribution is -2.31. The van der Waals surface area contributed by atoms with Gasteiger partial charge in [-0.25, -0.2) is 0 Å². The zero-order valence-corrected chi connectivity index (χ0v) is 11.5. The molecule has 0 saturated carbocycles. The molecule has 1 aliphatic rings. The smallest absolute Gasteiger partial charge is 0.251 e. The Hall–Kier alpha value is -1.00. The van der Waals surface area contributed by atoms with Crippen molar-refractivity contribution >= 4 is 17.7 Å². The zero-order chi connectivity index (χ0) is 12.8. The highest BCUT2D eigenvalue weighted by Gasteiger charge is 2.16. The number of benzene rings is 1. The minimum absolute atomic E-state index is 0.0128. The average molecular weight is 265 g/mol. The number of carbonyl (C=O) groups is 1. The summed E-state index contributed by atoms with van der Waals surface area (Å²) in [6.07, 6.45) is 4.42. The predicted molar refractivity (Wildman–Crippen MR) is 75.0 cm³/mol. The molecular weight excluding hydrogens is 246 g/mol. The summed E-state index contributed by atoms with van der Waals surface area (Å²) in [5.41, 5.74) is 1.97. The summed E-state index contributed by atoms with van der Waals surface area (Å²) in [5, 5.41) is 2.92. The van der Waals surface area contributed by atoms with E-state index in [2.05, 4.69) is 11.6 Å². The van der Waals surface area contributed by atoms with Crippen molar-refractivity contribution in [2.24, 2.45) is 0 Å². The van der Waals surface area contributed by atoms with E-state index in [0.29, 0.717) is 6.54 Å². The summed E-state index contributed by atoms with van der Waals surface area (Å²) in [7, 11) is 0. The fourth-order valence-electron chi connectivity index (χ4n) is 2.03. The second-order valence-electron chi connectivity index (χ2n) is 4.47. The maximum absolute atomic E-state index is 11.9. The molecule has 0 spiro atoms. The number of amides is 1. The topological polar surface area (TPSA) is 38.3 Å². The number of ether oxygens (including phenoxy) is 1. The third-order valence-electron chi connectivity index (χ3n) is 3.04. The third-order valence-corrected chi connectivity index (χ3v) is 3.66. The summed E-state index contributed by atoms with van der Waals surface area (Å²) in [6, 6.07) is 7.79. The molecule has 1 amide bonds. The van der Waals surface area contributed by atoms with E-state index in [1.54, 1.807) is 11.8 Å². The Balaban J connectivity index is 1.83. The van der Waals surface area contributed by atoms with Gasteiger partial charge >= 0.3 is 0 Å². The van der Waals surface area contributed by atoms with Crippen LogP contribution in [-0.4, -0.2) is 31.4 Å². The van der Waals surface area contributed by atoms with Gasteiger partial charge in [0.1, 0.15) is 0 Å². The average Bonchev–Trinajstić information content (AvgIpc) is 2.90. The number of nitrogens with one attached hydrogen (secondary N) is 1. The Bertz CT molecular complexity index is 385. The molecule has 0 bridgehead atoms. The molecule has 1 heterocycles. The molecule has 0 aromatic heterocycles. The molecule has 1 aliphatic heterocycles. The molecule has 4 heteroatoms. The van der Waals surface area contributed by atoms with Gasteiger partial charge in [-0.2, -0.15) is 11.8 Å². The molecule has 1 aromatic carbocycles. The summed E-state index contributed by atoms with van der Waals surface area (Å²) in [6.45, 7) is 1.44. The van der Waals surface area contributed by atoms with Crippen LogP contribution < -0.4 is 5.32 Å². The van der Waals surface area contributed by atoms with Crippen LogP contribution in [0.3, 0.4) is 0 Å². The van der Waals surface area contributed by atoms with Gasteiger partial charge in [-0.15, -0.1) is 0 Å². The van der Waals surface area contributed by atoms with Crippen LogP contribution in [0.25, 0.3) is 0 Å². The van der Waals surface area contributed by atoms with Crippen LogP contribution in [0.4, 0.5) is 0 Å². The predicted octanol–water partition coefficient (Wildman–Crippen LogP) is 2.46. The quantitative estimate of drug-likeness (QED) is 0.888. The minimum Gasteiger partial charge on any atom is -0.376 e. The molecule has 0 aliphatic carbocycles. The second-order valence-corrected chi connectivity index (χ2v) is 5.34. The van der Waals surface area contributed by atoms with Gasteiger partial charge in [0, 0.05) is 24.5 Å². The number of carbonyl (C=O) groups excluding carboxylic acids is 1. The van der Waals surface area contributed by atoms with Gasteiger partial charge in [-0.3, -0.25) is 4.79 Å². The first kappa shape index (κ1) is 13.4. The van der Waals surface area contributed by atoms with E-state index in [4.69, 9.17) is 4.74 Å². The maximum Gasteiger partial charge on any atom is 0.251 e. The van der Waals surface area contributed by atoms with Crippen LogP contribution in [0.15, 0.2) is 24.3 Å². The van der Waals surface area contributed by atoms with Crippen molar-refractivity contribution < 1.29 is 9.53 Å². The van der Waals surface area contributed by atoms with E-state index < -0.39 is 0 Å². The van der Waals surface area contributed by atoms with Crippen molar-refractivity contribution in [3.8, 4) is 0 Å². The minimum atomic E-state index is -0.0128. The van der Waals surface area contributed by atoms with Crippen LogP contribution in [0.1, 0.15) is 28.8 Å². The molecular formula is C14H19NO2S. The van der Waals surface area contributed by atoms with E-state index in [1.165, 1.54) is 5.56 Å². The van der Waals surface area contributed by atoms with Crippen molar-refractivity contribution in [2.75, 3.05) is 19.4 Å². The lowest BCUT2D eigenvalue weighted by molar-refractivity contribution is 0.0858. The van der Waals surface area contributed by atoms with E-state index >= 15 is 0 Å². The summed E-state index contributed by atoms with van der Waals surface area (Å²) in [5.74, 6) is 0.971. The van der Waals surface area contributed by atoms with Gasteiger partial charge in [-0.1, -0.05) is 12.1 Å². The molecule has 98 valence electrons. The van der Waals surface area contributed by atoms with Crippen LogP contribution in [0.2, 0.25) is 0 Å². The van der Waals surface area contributed by atoms with E-state index in [-0.39, 0.29) is 12.0 Å². The van der Waals surface area contributed by atoms with Crippen molar-refractivity contribution in [1.82, 2.24) is 5.32 Å². The van der Waals surface area contributed by atoms with Gasteiger partial charge < -0.3 is 10.1 Å². The molecule has 1 N–H and O–H groups in total. The molecule has 1 saturated heterocycles. The van der Waals surface area contributed by atoms with Crippen molar-refractivity contribution in [1.29, 1.82) is 0 Å². The fraction of sp³-hybridized carbons (Fsp3) is 0.500. The Kier molecular flexibility index (Phi) is 5.08. The Morgan fingerprint density at radius 2 is 2.22 bits per heavy atom. The van der Waals surface area contributed by atoms with Crippen molar-refractivity contribution in [3.05, 3.63) is 35.4 Å². The maximum atomic E-state index is 11.9. The first-order chi connectivity index (χ1) is 8.79. The van der Waals surface area contributed by atoms with Crippen LogP contribution >= 0.6 is 11.8 Å². The summed E-state index contributed by atoms with van der Waals surface area (Å²) < 4.78 is 5.47. The molecule has 3 nitrogen and oxygen atoms in total. The third kappa shape index (κ3) is 3.75. The highest BCUT2D eigenvalue weighted by molar-refractivity contribution is 7.97. The number of thioether (sulfide) groups is 1. The lowest BCUT2D eigenvalue weighted by Gasteiger charge is -2.10. The number of hydrogen-bond donors (Lipinski definition) is 1. The van der Waals surface area contributed by atoms with Gasteiger partial charge in [0.05, 0.1) is 6.10 Å². The molecule has 1 unspecified atom stereocenters. The molecule has 2 rings (SSSR count). The first-order valence-corrected chi connectivity index (χ1v) is 7.66. The highest BCUT2D eigenvalue weighted by Crippen LogP contribution is 2.12. The van der Waals surface area contributed by atoms with Crippen molar-refractivity contribution in [3.63, 3.8) is 0 Å². The fourth-order valence-corrected chi connectivity index (χ4v) is 2.56. The normalized spacial score (nSPS) is 18.8. The monoisotopic (exact) mass is 265 g/mol. The van der Waals surface area contributed by atoms with Crippen molar-refractivity contribution in [2.45, 2.75) is 24.7 Å². The Labute approximate surface area is 112 Å². The van der Waals surface area contributed by atoms with E-state index in [9.17, 15) is 4.79 Å². The molecule has 1 atom stereocenters. The largest absolute Gasteiger partial charge is 0.376 e. The standard InChI is InChI=1S/C14H19NO2S/c1-18-10-11-4-6-12(7-5-11)14(16)15-9-13-3-2-8-17-13/h4-7,13H,2-3,8-10H2,1H3,(H,15,16). The first-order valence-electron chi connectivity index (χ1n) is 6.27. The van der Waals surface area contributed by atoms with Gasteiger partial charge in [0.25, 0.3) is 5.91 Å². The van der Waals surface area contributed by atoms with Crippen LogP contribution in [-0.2, 0) is 10.5 Å². The Morgan fingerprint density at radius 1 is 1.44 bits per heavy atom. The second kappa shape index (κ2) is 6.81. The SMILES string of the molecule is CSCc1ccc(C(=O)NCC2CCCO2)cc1. The van der Waals surface area contributed by atoms with Crippen LogP contribution in [0, 0.1) is 0 Å². The van der Waals surface area contributed by atoms with Gasteiger partial charge in [0.2, 0.25) is 0 Å². The number of rotatable bonds is 5. The summed E-state index contributed by atoms with van der Waals surface area (Å²) >= 11 is 1.78. The molecule has 1 aromatic rings. The van der Waals surface area contributed by atoms with Crippen LogP contribution in [0.5, 0.6) is 0 Å². The Morgan fingerprint density at radius 3 is 2.83 bits per heavy atom. The number of hydrogen-bond acceptors (Lipinski definition) is 3. The highest BCUT2D eigenvalue weighted by atomic mass is 32.2. The lowest BCUT2D eigenvalue weighted by atomic mass is 10.1. The van der Waals surface area contributed by atoms with Gasteiger partial charge in [0.15, 0.2) is 0 Å². The van der Waals surface area contributed by atoms with E-state index in [0.717, 1.165) is 30.8 Å². The zero-order valence-electron chi connectivity index (χ0n) is 10.6. The molecule has 1 fully saturated rings. The summed E-state index contributed by atoms with van der Waals surface area (Å²) in [4.78, 5) is 11.9.